The smallest absolute Gasteiger partial charge is 0.321 e. The summed E-state index contributed by atoms with van der Waals surface area (Å²) >= 11 is 0. The molecule has 29 heavy (non-hydrogen) atoms. The summed E-state index contributed by atoms with van der Waals surface area (Å²) in [6.45, 7) is -0.650. The van der Waals surface area contributed by atoms with E-state index in [1.807, 2.05) is 5.32 Å². The number of carbonyl (C=O) groups is 4. The molecule has 0 bridgehead atoms. The zero-order valence-electron chi connectivity index (χ0n) is 15.2. The van der Waals surface area contributed by atoms with Gasteiger partial charge in [-0.25, -0.2) is 9.18 Å². The zero-order valence-corrected chi connectivity index (χ0v) is 15.2. The lowest BCUT2D eigenvalue weighted by molar-refractivity contribution is -0.152. The highest BCUT2D eigenvalue weighted by Crippen LogP contribution is 2.27. The highest BCUT2D eigenvalue weighted by molar-refractivity contribution is 6.00. The van der Waals surface area contributed by atoms with Crippen LogP contribution in [-0.2, 0) is 25.7 Å². The number of anilines is 1. The second-order valence-corrected chi connectivity index (χ2v) is 6.27. The standard InChI is InChI=1S/C19H18FN3O6/c20-14-5-1-2-6-15(14)23-10-12(8-17(23)25)18(26)29-11-16(24)22-19(27)21-9-13-4-3-7-28-13/h1-7,12H,8-11H2,(H2,21,22,24,27)/t12-/m0/s1. The first kappa shape index (κ1) is 20.1. The number of imide groups is 1. The van der Waals surface area contributed by atoms with E-state index in [-0.39, 0.29) is 25.2 Å². The minimum atomic E-state index is -0.831. The maximum atomic E-state index is 13.9. The molecular formula is C19H18FN3O6. The number of furan rings is 1. The second-order valence-electron chi connectivity index (χ2n) is 6.27. The largest absolute Gasteiger partial charge is 0.467 e. The number of para-hydroxylation sites is 1. The fourth-order valence-electron chi connectivity index (χ4n) is 2.81. The molecule has 9 nitrogen and oxygen atoms in total. The number of urea groups is 1. The number of ether oxygens (including phenoxy) is 1. The van der Waals surface area contributed by atoms with Crippen LogP contribution in [0.3, 0.4) is 0 Å². The number of hydrogen-bond donors (Lipinski definition) is 2. The number of nitrogens with zero attached hydrogens (tertiary/aromatic N) is 1. The molecule has 1 aliphatic rings. The van der Waals surface area contributed by atoms with E-state index in [0.717, 1.165) is 0 Å². The van der Waals surface area contributed by atoms with Gasteiger partial charge in [0.25, 0.3) is 5.91 Å². The van der Waals surface area contributed by atoms with Crippen molar-refractivity contribution in [3.8, 4) is 0 Å². The molecule has 10 heteroatoms. The molecule has 1 fully saturated rings. The second kappa shape index (κ2) is 9.00. The van der Waals surface area contributed by atoms with Crippen molar-refractivity contribution in [2.24, 2.45) is 5.92 Å². The maximum Gasteiger partial charge on any atom is 0.321 e. The molecule has 0 unspecified atom stereocenters. The highest BCUT2D eigenvalue weighted by atomic mass is 19.1. The van der Waals surface area contributed by atoms with E-state index in [1.54, 1.807) is 18.2 Å². The lowest BCUT2D eigenvalue weighted by Crippen LogP contribution is -2.41. The predicted octanol–water partition coefficient (Wildman–Crippen LogP) is 1.34. The van der Waals surface area contributed by atoms with Gasteiger partial charge in [-0.3, -0.25) is 19.7 Å². The van der Waals surface area contributed by atoms with E-state index in [9.17, 15) is 23.6 Å². The molecule has 0 aliphatic carbocycles. The topological polar surface area (TPSA) is 118 Å². The van der Waals surface area contributed by atoms with Crippen molar-refractivity contribution in [1.82, 2.24) is 10.6 Å². The molecule has 0 saturated carbocycles. The van der Waals surface area contributed by atoms with Gasteiger partial charge >= 0.3 is 12.0 Å². The first-order chi connectivity index (χ1) is 13.9. The maximum absolute atomic E-state index is 13.9. The summed E-state index contributed by atoms with van der Waals surface area (Å²) in [5, 5.41) is 4.41. The van der Waals surface area contributed by atoms with E-state index in [0.29, 0.717) is 5.76 Å². The van der Waals surface area contributed by atoms with Crippen LogP contribution in [0.25, 0.3) is 0 Å². The van der Waals surface area contributed by atoms with Crippen molar-refractivity contribution in [2.45, 2.75) is 13.0 Å². The van der Waals surface area contributed by atoms with Gasteiger partial charge in [-0.15, -0.1) is 0 Å². The van der Waals surface area contributed by atoms with Crippen molar-refractivity contribution in [3.05, 3.63) is 54.2 Å². The number of amides is 4. The van der Waals surface area contributed by atoms with Gasteiger partial charge in [-0.2, -0.15) is 0 Å². The van der Waals surface area contributed by atoms with E-state index < -0.39 is 42.2 Å². The third-order valence-electron chi connectivity index (χ3n) is 4.20. The highest BCUT2D eigenvalue weighted by Gasteiger charge is 2.37. The van der Waals surface area contributed by atoms with E-state index in [1.165, 1.54) is 29.4 Å². The van der Waals surface area contributed by atoms with Crippen molar-refractivity contribution in [1.29, 1.82) is 0 Å². The third kappa shape index (κ3) is 5.18. The monoisotopic (exact) mass is 403 g/mol. The van der Waals surface area contributed by atoms with Crippen LogP contribution in [0.4, 0.5) is 14.9 Å². The van der Waals surface area contributed by atoms with Crippen molar-refractivity contribution < 1.29 is 32.7 Å². The van der Waals surface area contributed by atoms with Gasteiger partial charge < -0.3 is 19.4 Å². The Morgan fingerprint density at radius 3 is 2.72 bits per heavy atom. The number of hydrogen-bond acceptors (Lipinski definition) is 6. The molecule has 1 aliphatic heterocycles. The predicted molar refractivity (Wildman–Crippen MR) is 96.9 cm³/mol. The molecular weight excluding hydrogens is 385 g/mol. The van der Waals surface area contributed by atoms with Crippen LogP contribution < -0.4 is 15.5 Å². The van der Waals surface area contributed by atoms with Gasteiger partial charge in [-0.05, 0) is 24.3 Å². The van der Waals surface area contributed by atoms with E-state index >= 15 is 0 Å². The molecule has 0 radical (unpaired) electrons. The molecule has 2 heterocycles. The lowest BCUT2D eigenvalue weighted by Gasteiger charge is -2.17. The Morgan fingerprint density at radius 1 is 1.21 bits per heavy atom. The Labute approximate surface area is 164 Å². The fraction of sp³-hybridized carbons (Fsp3) is 0.263. The van der Waals surface area contributed by atoms with Crippen LogP contribution >= 0.6 is 0 Å². The van der Waals surface area contributed by atoms with Crippen LogP contribution in [0.1, 0.15) is 12.2 Å². The van der Waals surface area contributed by atoms with E-state index in [4.69, 9.17) is 9.15 Å². The van der Waals surface area contributed by atoms with Gasteiger partial charge in [0.1, 0.15) is 11.6 Å². The van der Waals surface area contributed by atoms with Crippen molar-refractivity contribution >= 4 is 29.5 Å². The molecule has 2 aromatic rings. The summed E-state index contributed by atoms with van der Waals surface area (Å²) in [5.74, 6) is -2.92. The molecule has 1 atom stereocenters. The number of halogens is 1. The summed E-state index contributed by atoms with van der Waals surface area (Å²) in [7, 11) is 0. The van der Waals surface area contributed by atoms with E-state index in [2.05, 4.69) is 5.32 Å². The Kier molecular flexibility index (Phi) is 6.22. The molecule has 4 amide bonds. The molecule has 0 spiro atoms. The number of carbonyl (C=O) groups excluding carboxylic acids is 4. The summed E-state index contributed by atoms with van der Waals surface area (Å²) in [5.41, 5.74) is 0.0822. The van der Waals surface area contributed by atoms with Gasteiger partial charge in [-0.1, -0.05) is 12.1 Å². The summed E-state index contributed by atoms with van der Waals surface area (Å²) in [6, 6.07) is 8.26. The van der Waals surface area contributed by atoms with Crippen LogP contribution in [-0.4, -0.2) is 37.0 Å². The number of nitrogens with one attached hydrogen (secondary N) is 2. The normalized spacial score (nSPS) is 15.8. The van der Waals surface area contributed by atoms with Crippen LogP contribution in [0.15, 0.2) is 47.1 Å². The summed E-state index contributed by atoms with van der Waals surface area (Å²) in [6.07, 6.45) is 1.29. The first-order valence-electron chi connectivity index (χ1n) is 8.75. The van der Waals surface area contributed by atoms with Gasteiger partial charge in [0.2, 0.25) is 5.91 Å². The van der Waals surface area contributed by atoms with Gasteiger partial charge in [0.15, 0.2) is 6.61 Å². The lowest BCUT2D eigenvalue weighted by atomic mass is 10.1. The van der Waals surface area contributed by atoms with Gasteiger partial charge in [0, 0.05) is 13.0 Å². The fourth-order valence-corrected chi connectivity index (χ4v) is 2.81. The Bertz CT molecular complexity index is 914. The third-order valence-corrected chi connectivity index (χ3v) is 4.20. The van der Waals surface area contributed by atoms with Gasteiger partial charge in [0.05, 0.1) is 24.4 Å². The molecule has 1 aromatic carbocycles. The Morgan fingerprint density at radius 2 is 2.00 bits per heavy atom. The zero-order chi connectivity index (χ0) is 20.8. The minimum Gasteiger partial charge on any atom is -0.467 e. The van der Waals surface area contributed by atoms with Crippen LogP contribution in [0.2, 0.25) is 0 Å². The number of esters is 1. The minimum absolute atomic E-state index is 0.0517. The Balaban J connectivity index is 1.43. The average Bonchev–Trinajstić information content (AvgIpc) is 3.35. The number of rotatable bonds is 6. The van der Waals surface area contributed by atoms with Crippen molar-refractivity contribution in [3.63, 3.8) is 0 Å². The summed E-state index contributed by atoms with van der Waals surface area (Å²) < 4.78 is 23.8. The molecule has 3 rings (SSSR count). The molecule has 2 N–H and O–H groups in total. The first-order valence-corrected chi connectivity index (χ1v) is 8.75. The van der Waals surface area contributed by atoms with Crippen LogP contribution in [0.5, 0.6) is 0 Å². The average molecular weight is 403 g/mol. The molecule has 1 aromatic heterocycles. The van der Waals surface area contributed by atoms with Crippen molar-refractivity contribution in [2.75, 3.05) is 18.1 Å². The van der Waals surface area contributed by atoms with Crippen LogP contribution in [0, 0.1) is 11.7 Å². The molecule has 152 valence electrons. The summed E-state index contributed by atoms with van der Waals surface area (Å²) in [4.78, 5) is 48.8. The molecule has 1 saturated heterocycles. The Hall–Kier alpha value is -3.69. The number of benzene rings is 1. The SMILES string of the molecule is O=C(COC(=O)[C@H]1CC(=O)N(c2ccccc2F)C1)NC(=O)NCc1ccco1. The quantitative estimate of drug-likeness (QED) is 0.703.